The fourth-order valence-electron chi connectivity index (χ4n) is 2.47. The second-order valence-corrected chi connectivity index (χ2v) is 7.58. The summed E-state index contributed by atoms with van der Waals surface area (Å²) >= 11 is 0. The quantitative estimate of drug-likeness (QED) is 0.239. The van der Waals surface area contributed by atoms with Crippen LogP contribution < -0.4 is 0 Å². The van der Waals surface area contributed by atoms with E-state index >= 15 is 0 Å². The molecule has 0 aromatic heterocycles. The zero-order valence-corrected chi connectivity index (χ0v) is 19.2. The van der Waals surface area contributed by atoms with Crippen LogP contribution in [-0.2, 0) is 18.8 Å². The predicted octanol–water partition coefficient (Wildman–Crippen LogP) is 5.38. The van der Waals surface area contributed by atoms with Gasteiger partial charge in [-0.15, -0.1) is 0 Å². The summed E-state index contributed by atoms with van der Waals surface area (Å²) in [5.74, 6) is 0. The molecule has 0 amide bonds. The Morgan fingerprint density at radius 1 is 0.542 bits per heavy atom. The molecule has 0 aliphatic carbocycles. The summed E-state index contributed by atoms with van der Waals surface area (Å²) in [7, 11) is -3.78. The van der Waals surface area contributed by atoms with Crippen molar-refractivity contribution in [2.75, 3.05) is 13.2 Å². The predicted molar refractivity (Wildman–Crippen MR) is 103 cm³/mol. The molecule has 1 radical (unpaired) electrons. The molecule has 0 bridgehead atoms. The van der Waals surface area contributed by atoms with Crippen LogP contribution in [0.1, 0.15) is 104 Å². The van der Waals surface area contributed by atoms with Gasteiger partial charge in [-0.1, -0.05) is 90.9 Å². The van der Waals surface area contributed by atoms with Crippen LogP contribution in [-0.4, -0.2) is 51.2 Å². The maximum Gasteiger partial charge on any atom is 0.399 e. The third-order valence-corrected chi connectivity index (χ3v) is 4.86. The van der Waals surface area contributed by atoms with E-state index in [4.69, 9.17) is 8.37 Å². The molecule has 0 saturated carbocycles. The molecular weight excluding hydrogens is 335 g/mol. The summed E-state index contributed by atoms with van der Waals surface area (Å²) in [6.45, 7) is 4.88. The first-order valence-corrected chi connectivity index (χ1v) is 11.0. The van der Waals surface area contributed by atoms with Crippen LogP contribution in [0.3, 0.4) is 0 Å². The van der Waals surface area contributed by atoms with Gasteiger partial charge in [-0.25, -0.2) is 8.37 Å². The van der Waals surface area contributed by atoms with E-state index in [1.54, 1.807) is 0 Å². The zero-order chi connectivity index (χ0) is 17.2. The van der Waals surface area contributed by atoms with Gasteiger partial charge >= 0.3 is 10.4 Å². The Hall–Kier alpha value is 0.870. The van der Waals surface area contributed by atoms with E-state index in [9.17, 15) is 8.42 Å². The van der Waals surface area contributed by atoms with Crippen molar-refractivity contribution < 1.29 is 16.8 Å². The van der Waals surface area contributed by atoms with Crippen molar-refractivity contribution in [2.24, 2.45) is 0 Å². The Kier molecular flexibility index (Phi) is 22.8. The Bertz CT molecular complexity index is 334. The average molecular weight is 374 g/mol. The first-order chi connectivity index (χ1) is 11.1. The van der Waals surface area contributed by atoms with Crippen molar-refractivity contribution in [3.05, 3.63) is 0 Å². The summed E-state index contributed by atoms with van der Waals surface area (Å²) in [5.41, 5.74) is 0. The molecule has 0 spiro atoms. The van der Waals surface area contributed by atoms with Crippen LogP contribution >= 0.6 is 0 Å². The van der Waals surface area contributed by atoms with Crippen LogP contribution in [0.4, 0.5) is 0 Å². The molecule has 6 heteroatoms. The van der Waals surface area contributed by atoms with Gasteiger partial charge in [0.1, 0.15) is 0 Å². The zero-order valence-electron chi connectivity index (χ0n) is 16.4. The van der Waals surface area contributed by atoms with Gasteiger partial charge < -0.3 is 0 Å². The SMILES string of the molecule is CCCCCCCCCCOS(=O)(=O)OCCCCCCCC.[Na]. The summed E-state index contributed by atoms with van der Waals surface area (Å²) in [5, 5.41) is 0. The Morgan fingerprint density at radius 2 is 0.833 bits per heavy atom. The fraction of sp³-hybridized carbons (Fsp3) is 1.00. The average Bonchev–Trinajstić information content (AvgIpc) is 2.52. The second kappa shape index (κ2) is 20.2. The van der Waals surface area contributed by atoms with Gasteiger partial charge in [-0.05, 0) is 12.8 Å². The Morgan fingerprint density at radius 3 is 1.17 bits per heavy atom. The summed E-state index contributed by atoms with van der Waals surface area (Å²) < 4.78 is 32.8. The van der Waals surface area contributed by atoms with Gasteiger partial charge in [0.2, 0.25) is 0 Å². The van der Waals surface area contributed by atoms with E-state index in [0.717, 1.165) is 38.5 Å². The van der Waals surface area contributed by atoms with Gasteiger partial charge in [0.25, 0.3) is 0 Å². The van der Waals surface area contributed by atoms with Crippen LogP contribution in [0.15, 0.2) is 0 Å². The fourth-order valence-corrected chi connectivity index (χ4v) is 3.19. The second-order valence-electron chi connectivity index (χ2n) is 6.29. The molecule has 0 aliphatic rings. The van der Waals surface area contributed by atoms with Gasteiger partial charge in [0.15, 0.2) is 0 Å². The molecular formula is C18H38NaO4S. The van der Waals surface area contributed by atoms with Crippen molar-refractivity contribution in [1.29, 1.82) is 0 Å². The van der Waals surface area contributed by atoms with Gasteiger partial charge in [0.05, 0.1) is 13.2 Å². The molecule has 24 heavy (non-hydrogen) atoms. The first-order valence-electron chi connectivity index (χ1n) is 9.66. The molecule has 0 aliphatic heterocycles. The van der Waals surface area contributed by atoms with E-state index in [-0.39, 0.29) is 42.8 Å². The molecule has 0 N–H and O–H groups in total. The molecule has 0 atom stereocenters. The summed E-state index contributed by atoms with van der Waals surface area (Å²) in [6.07, 6.45) is 16.0. The van der Waals surface area contributed by atoms with Crippen molar-refractivity contribution in [1.82, 2.24) is 0 Å². The summed E-state index contributed by atoms with van der Waals surface area (Å²) in [6, 6.07) is 0. The molecule has 0 saturated heterocycles. The van der Waals surface area contributed by atoms with Crippen molar-refractivity contribution in [2.45, 2.75) is 104 Å². The summed E-state index contributed by atoms with van der Waals surface area (Å²) in [4.78, 5) is 0. The molecule has 0 unspecified atom stereocenters. The topological polar surface area (TPSA) is 52.6 Å². The number of rotatable bonds is 18. The normalized spacial score (nSPS) is 11.4. The first kappa shape index (κ1) is 27.1. The van der Waals surface area contributed by atoms with Crippen molar-refractivity contribution >= 4 is 40.0 Å². The van der Waals surface area contributed by atoms with Crippen LogP contribution in [0, 0.1) is 0 Å². The van der Waals surface area contributed by atoms with Gasteiger partial charge in [-0.2, -0.15) is 8.42 Å². The smallest absolute Gasteiger partial charge is 0.248 e. The molecule has 141 valence electrons. The monoisotopic (exact) mass is 373 g/mol. The van der Waals surface area contributed by atoms with Crippen LogP contribution in [0.5, 0.6) is 0 Å². The molecule has 0 fully saturated rings. The van der Waals surface area contributed by atoms with E-state index in [1.807, 2.05) is 0 Å². The standard InChI is InChI=1S/C18H38O4S.Na/c1-3-5-7-9-11-12-14-16-18-22-23(19,20)21-17-15-13-10-8-6-4-2;/h3-18H2,1-2H3;. The number of hydrogen-bond donors (Lipinski definition) is 0. The molecule has 4 nitrogen and oxygen atoms in total. The minimum Gasteiger partial charge on any atom is -0.248 e. The molecule has 0 heterocycles. The van der Waals surface area contributed by atoms with E-state index in [2.05, 4.69) is 13.8 Å². The minimum absolute atomic E-state index is 0. The van der Waals surface area contributed by atoms with Crippen LogP contribution in [0.25, 0.3) is 0 Å². The minimum atomic E-state index is -3.78. The molecule has 0 aromatic carbocycles. The van der Waals surface area contributed by atoms with E-state index < -0.39 is 10.4 Å². The van der Waals surface area contributed by atoms with E-state index in [0.29, 0.717) is 0 Å². The maximum absolute atomic E-state index is 11.5. The third kappa shape index (κ3) is 20.9. The van der Waals surface area contributed by atoms with Gasteiger partial charge in [-0.3, -0.25) is 0 Å². The maximum atomic E-state index is 11.5. The molecule has 0 aromatic rings. The Labute approximate surface area is 173 Å². The van der Waals surface area contributed by atoms with E-state index in [1.165, 1.54) is 51.4 Å². The third-order valence-electron chi connectivity index (χ3n) is 3.95. The largest absolute Gasteiger partial charge is 0.399 e. The van der Waals surface area contributed by atoms with Crippen molar-refractivity contribution in [3.8, 4) is 0 Å². The number of hydrogen-bond acceptors (Lipinski definition) is 4. The van der Waals surface area contributed by atoms with Gasteiger partial charge in [0, 0.05) is 29.6 Å². The van der Waals surface area contributed by atoms with Crippen LogP contribution in [0.2, 0.25) is 0 Å². The van der Waals surface area contributed by atoms with Crippen molar-refractivity contribution in [3.63, 3.8) is 0 Å². The molecule has 0 rings (SSSR count). The Balaban J connectivity index is 0. The number of unbranched alkanes of at least 4 members (excludes halogenated alkanes) is 12.